The SMILES string of the molecule is CC(CO)C(C)NS(=O)(=O)c1cnn(Cc2ccccc2)c1. The van der Waals surface area contributed by atoms with Crippen LogP contribution in [0.2, 0.25) is 0 Å². The summed E-state index contributed by atoms with van der Waals surface area (Å²) in [5.74, 6) is -0.158. The van der Waals surface area contributed by atoms with Crippen LogP contribution >= 0.6 is 0 Å². The second-order valence-electron chi connectivity index (χ2n) is 5.43. The topological polar surface area (TPSA) is 84.2 Å². The Balaban J connectivity index is 2.10. The number of sulfonamides is 1. The molecule has 1 aromatic heterocycles. The van der Waals surface area contributed by atoms with Crippen molar-refractivity contribution in [3.8, 4) is 0 Å². The van der Waals surface area contributed by atoms with E-state index in [-0.39, 0.29) is 23.5 Å². The minimum Gasteiger partial charge on any atom is -0.396 e. The third kappa shape index (κ3) is 4.16. The third-order valence-corrected chi connectivity index (χ3v) is 5.10. The maximum atomic E-state index is 12.3. The lowest BCUT2D eigenvalue weighted by molar-refractivity contribution is 0.216. The molecule has 2 aromatic rings. The minimum atomic E-state index is -3.63. The van der Waals surface area contributed by atoms with Crippen LogP contribution in [0.5, 0.6) is 0 Å². The van der Waals surface area contributed by atoms with Gasteiger partial charge in [0.15, 0.2) is 0 Å². The van der Waals surface area contributed by atoms with Gasteiger partial charge in [-0.05, 0) is 18.4 Å². The first kappa shape index (κ1) is 16.7. The quantitative estimate of drug-likeness (QED) is 0.802. The van der Waals surface area contributed by atoms with E-state index in [4.69, 9.17) is 5.11 Å². The van der Waals surface area contributed by atoms with Crippen LogP contribution in [-0.2, 0) is 16.6 Å². The second kappa shape index (κ2) is 7.04. The summed E-state index contributed by atoms with van der Waals surface area (Å²) in [6.07, 6.45) is 2.84. The van der Waals surface area contributed by atoms with Gasteiger partial charge in [-0.1, -0.05) is 37.3 Å². The molecule has 1 aromatic carbocycles. The molecule has 2 unspecified atom stereocenters. The lowest BCUT2D eigenvalue weighted by Crippen LogP contribution is -2.38. The Morgan fingerprint density at radius 3 is 2.59 bits per heavy atom. The molecule has 1 heterocycles. The molecule has 0 saturated heterocycles. The largest absolute Gasteiger partial charge is 0.396 e. The van der Waals surface area contributed by atoms with E-state index in [0.29, 0.717) is 6.54 Å². The summed E-state index contributed by atoms with van der Waals surface area (Å²) in [6.45, 7) is 3.95. The number of benzene rings is 1. The molecule has 7 heteroatoms. The fraction of sp³-hybridized carbons (Fsp3) is 0.400. The fourth-order valence-electron chi connectivity index (χ4n) is 1.93. The molecule has 0 aliphatic rings. The highest BCUT2D eigenvalue weighted by molar-refractivity contribution is 7.89. The summed E-state index contributed by atoms with van der Waals surface area (Å²) < 4.78 is 28.7. The van der Waals surface area contributed by atoms with Gasteiger partial charge in [0.25, 0.3) is 0 Å². The second-order valence-corrected chi connectivity index (χ2v) is 7.14. The zero-order chi connectivity index (χ0) is 16.2. The van der Waals surface area contributed by atoms with Crippen LogP contribution in [0.1, 0.15) is 19.4 Å². The zero-order valence-corrected chi connectivity index (χ0v) is 13.5. The van der Waals surface area contributed by atoms with Crippen molar-refractivity contribution in [2.45, 2.75) is 31.3 Å². The Hall–Kier alpha value is -1.70. The van der Waals surface area contributed by atoms with Crippen LogP contribution in [0.3, 0.4) is 0 Å². The van der Waals surface area contributed by atoms with Crippen molar-refractivity contribution in [3.63, 3.8) is 0 Å². The number of aromatic nitrogens is 2. The Labute approximate surface area is 130 Å². The molecule has 2 N–H and O–H groups in total. The molecule has 6 nitrogen and oxygen atoms in total. The number of hydrogen-bond donors (Lipinski definition) is 2. The van der Waals surface area contributed by atoms with Gasteiger partial charge >= 0.3 is 0 Å². The minimum absolute atomic E-state index is 0.0725. The first-order valence-electron chi connectivity index (χ1n) is 7.12. The van der Waals surface area contributed by atoms with Gasteiger partial charge in [-0.3, -0.25) is 4.68 Å². The van der Waals surface area contributed by atoms with Crippen molar-refractivity contribution >= 4 is 10.0 Å². The van der Waals surface area contributed by atoms with E-state index in [2.05, 4.69) is 9.82 Å². The van der Waals surface area contributed by atoms with Gasteiger partial charge in [0.2, 0.25) is 10.0 Å². The average molecular weight is 323 g/mol. The van der Waals surface area contributed by atoms with Gasteiger partial charge in [0, 0.05) is 18.8 Å². The summed E-state index contributed by atoms with van der Waals surface area (Å²) in [5, 5.41) is 13.2. The monoisotopic (exact) mass is 323 g/mol. The molecule has 0 spiro atoms. The number of nitrogens with one attached hydrogen (secondary N) is 1. The molecular formula is C15H21N3O3S. The molecule has 0 fully saturated rings. The van der Waals surface area contributed by atoms with Crippen molar-refractivity contribution < 1.29 is 13.5 Å². The van der Waals surface area contributed by atoms with Gasteiger partial charge in [-0.15, -0.1) is 0 Å². The maximum absolute atomic E-state index is 12.3. The Morgan fingerprint density at radius 2 is 1.95 bits per heavy atom. The molecule has 2 rings (SSSR count). The third-order valence-electron chi connectivity index (χ3n) is 3.59. The summed E-state index contributed by atoms with van der Waals surface area (Å²) in [4.78, 5) is 0.125. The molecule has 120 valence electrons. The lowest BCUT2D eigenvalue weighted by atomic mass is 10.1. The lowest BCUT2D eigenvalue weighted by Gasteiger charge is -2.18. The summed E-state index contributed by atoms with van der Waals surface area (Å²) in [6, 6.07) is 9.34. The molecule has 0 radical (unpaired) electrons. The molecule has 2 atom stereocenters. The fourth-order valence-corrected chi connectivity index (χ4v) is 3.23. The van der Waals surface area contributed by atoms with Crippen molar-refractivity contribution in [3.05, 3.63) is 48.3 Å². The van der Waals surface area contributed by atoms with E-state index in [1.54, 1.807) is 18.5 Å². The number of nitrogens with zero attached hydrogens (tertiary/aromatic N) is 2. The number of hydrogen-bond acceptors (Lipinski definition) is 4. The first-order chi connectivity index (χ1) is 10.4. The van der Waals surface area contributed by atoms with E-state index >= 15 is 0 Å². The predicted molar refractivity (Wildman–Crippen MR) is 83.8 cm³/mol. The Kier molecular flexibility index (Phi) is 5.33. The van der Waals surface area contributed by atoms with Crippen LogP contribution in [0.4, 0.5) is 0 Å². The number of aliphatic hydroxyl groups excluding tert-OH is 1. The Morgan fingerprint density at radius 1 is 1.27 bits per heavy atom. The van der Waals surface area contributed by atoms with Crippen molar-refractivity contribution in [1.29, 1.82) is 0 Å². The summed E-state index contributed by atoms with van der Waals surface area (Å²) >= 11 is 0. The van der Waals surface area contributed by atoms with Crippen LogP contribution in [0.15, 0.2) is 47.6 Å². The molecular weight excluding hydrogens is 302 g/mol. The van der Waals surface area contributed by atoms with E-state index in [1.807, 2.05) is 30.3 Å². The van der Waals surface area contributed by atoms with Crippen molar-refractivity contribution in [2.24, 2.45) is 5.92 Å². The number of aliphatic hydroxyl groups is 1. The molecule has 0 aliphatic carbocycles. The van der Waals surface area contributed by atoms with E-state index in [0.717, 1.165) is 5.56 Å². The Bertz CT molecular complexity index is 698. The smallest absolute Gasteiger partial charge is 0.243 e. The van der Waals surface area contributed by atoms with Crippen LogP contribution in [0, 0.1) is 5.92 Å². The van der Waals surface area contributed by atoms with Crippen molar-refractivity contribution in [1.82, 2.24) is 14.5 Å². The highest BCUT2D eigenvalue weighted by Crippen LogP contribution is 2.12. The summed E-state index contributed by atoms with van der Waals surface area (Å²) in [7, 11) is -3.63. The zero-order valence-electron chi connectivity index (χ0n) is 12.7. The molecule has 0 bridgehead atoms. The van der Waals surface area contributed by atoms with Gasteiger partial charge in [-0.25, -0.2) is 13.1 Å². The van der Waals surface area contributed by atoms with Crippen LogP contribution in [-0.4, -0.2) is 36.0 Å². The highest BCUT2D eigenvalue weighted by atomic mass is 32.2. The normalized spacial score (nSPS) is 14.7. The van der Waals surface area contributed by atoms with E-state index < -0.39 is 10.0 Å². The highest BCUT2D eigenvalue weighted by Gasteiger charge is 2.22. The van der Waals surface area contributed by atoms with Gasteiger partial charge in [0.05, 0.1) is 12.7 Å². The predicted octanol–water partition coefficient (Wildman–Crippen LogP) is 1.23. The van der Waals surface area contributed by atoms with Gasteiger partial charge < -0.3 is 5.11 Å². The standard InChI is InChI=1S/C15H21N3O3S/c1-12(11-19)13(2)17-22(20,21)15-8-16-18(10-15)9-14-6-4-3-5-7-14/h3-8,10,12-13,17,19H,9,11H2,1-2H3. The van der Waals surface area contributed by atoms with Gasteiger partial charge in [0.1, 0.15) is 4.90 Å². The maximum Gasteiger partial charge on any atom is 0.243 e. The molecule has 0 amide bonds. The van der Waals surface area contributed by atoms with Crippen molar-refractivity contribution in [2.75, 3.05) is 6.61 Å². The van der Waals surface area contributed by atoms with Crippen LogP contribution < -0.4 is 4.72 Å². The average Bonchev–Trinajstić information content (AvgIpc) is 2.96. The summed E-state index contributed by atoms with van der Waals surface area (Å²) in [5.41, 5.74) is 1.05. The molecule has 22 heavy (non-hydrogen) atoms. The number of rotatable bonds is 7. The van der Waals surface area contributed by atoms with E-state index in [1.165, 1.54) is 12.4 Å². The molecule has 0 saturated carbocycles. The molecule has 0 aliphatic heterocycles. The van der Waals surface area contributed by atoms with E-state index in [9.17, 15) is 8.42 Å². The first-order valence-corrected chi connectivity index (χ1v) is 8.60. The van der Waals surface area contributed by atoms with Gasteiger partial charge in [-0.2, -0.15) is 5.10 Å². The van der Waals surface area contributed by atoms with Crippen LogP contribution in [0.25, 0.3) is 0 Å².